The van der Waals surface area contributed by atoms with Crippen LogP contribution in [-0.2, 0) is 9.22 Å². The molecule has 0 bridgehead atoms. The summed E-state index contributed by atoms with van der Waals surface area (Å²) in [5, 5.41) is 3.39. The predicted molar refractivity (Wildman–Crippen MR) is 81.3 cm³/mol. The zero-order valence-corrected chi connectivity index (χ0v) is 14.5. The van der Waals surface area contributed by atoms with Gasteiger partial charge in [-0.25, -0.2) is 0 Å². The minimum atomic E-state index is -1.78. The standard InChI is InChI=1S/C13H27NO2SSi/c1-8-17-12-10(11(15)14-12)9(2)16-18(6,7)13(3,4)5/h9-10,12H,8H2,1-7H3,(H,14,15)/t9-,10?,12+/m0/s1. The van der Waals surface area contributed by atoms with E-state index in [2.05, 4.69) is 46.1 Å². The molecule has 5 heteroatoms. The molecule has 0 aliphatic carbocycles. The van der Waals surface area contributed by atoms with Crippen LogP contribution in [0.5, 0.6) is 0 Å². The van der Waals surface area contributed by atoms with Crippen LogP contribution in [0.15, 0.2) is 0 Å². The lowest BCUT2D eigenvalue weighted by molar-refractivity contribution is -0.136. The fraction of sp³-hybridized carbons (Fsp3) is 0.923. The van der Waals surface area contributed by atoms with E-state index in [1.807, 2.05) is 6.92 Å². The maximum absolute atomic E-state index is 11.7. The molecular weight excluding hydrogens is 262 g/mol. The van der Waals surface area contributed by atoms with Crippen molar-refractivity contribution in [1.29, 1.82) is 0 Å². The number of carbonyl (C=O) groups excluding carboxylic acids is 1. The highest BCUT2D eigenvalue weighted by atomic mass is 32.2. The molecule has 1 unspecified atom stereocenters. The van der Waals surface area contributed by atoms with E-state index in [1.165, 1.54) is 0 Å². The molecule has 1 heterocycles. The Labute approximate surface area is 117 Å². The maximum atomic E-state index is 11.7. The first-order chi connectivity index (χ1) is 8.10. The number of thioether (sulfide) groups is 1. The minimum absolute atomic E-state index is 0.0173. The smallest absolute Gasteiger partial charge is 0.229 e. The molecule has 3 nitrogen and oxygen atoms in total. The second-order valence-electron chi connectivity index (χ2n) is 6.49. The van der Waals surface area contributed by atoms with Crippen LogP contribution in [0.2, 0.25) is 18.1 Å². The summed E-state index contributed by atoms with van der Waals surface area (Å²) in [5.74, 6) is 1.19. The third-order valence-corrected chi connectivity index (χ3v) is 9.73. The van der Waals surface area contributed by atoms with Gasteiger partial charge in [-0.15, -0.1) is 11.8 Å². The van der Waals surface area contributed by atoms with Crippen LogP contribution < -0.4 is 5.32 Å². The molecule has 1 rings (SSSR count). The largest absolute Gasteiger partial charge is 0.413 e. The van der Waals surface area contributed by atoms with Crippen molar-refractivity contribution >= 4 is 26.0 Å². The molecule has 1 aliphatic rings. The molecule has 3 atom stereocenters. The van der Waals surface area contributed by atoms with E-state index in [-0.39, 0.29) is 28.3 Å². The molecule has 0 aromatic carbocycles. The second kappa shape index (κ2) is 5.55. The van der Waals surface area contributed by atoms with Gasteiger partial charge < -0.3 is 9.74 Å². The van der Waals surface area contributed by atoms with Crippen molar-refractivity contribution in [2.45, 2.75) is 64.2 Å². The quantitative estimate of drug-likeness (QED) is 0.624. The van der Waals surface area contributed by atoms with Gasteiger partial charge in [0.1, 0.15) is 0 Å². The molecule has 1 fully saturated rings. The number of nitrogens with one attached hydrogen (secondary N) is 1. The molecule has 0 spiro atoms. The Morgan fingerprint density at radius 1 is 1.44 bits per heavy atom. The van der Waals surface area contributed by atoms with Crippen LogP contribution in [0, 0.1) is 5.92 Å². The van der Waals surface area contributed by atoms with Gasteiger partial charge in [-0.05, 0) is 30.8 Å². The van der Waals surface area contributed by atoms with Crippen molar-refractivity contribution in [1.82, 2.24) is 5.32 Å². The summed E-state index contributed by atoms with van der Waals surface area (Å²) in [6.45, 7) is 15.3. The fourth-order valence-corrected chi connectivity index (χ4v) is 4.41. The van der Waals surface area contributed by atoms with Gasteiger partial charge in [0.05, 0.1) is 17.4 Å². The van der Waals surface area contributed by atoms with Crippen molar-refractivity contribution in [2.24, 2.45) is 5.92 Å². The number of hydrogen-bond acceptors (Lipinski definition) is 3. The van der Waals surface area contributed by atoms with Crippen molar-refractivity contribution in [2.75, 3.05) is 5.75 Å². The molecular formula is C13H27NO2SSi. The van der Waals surface area contributed by atoms with E-state index >= 15 is 0 Å². The number of carbonyl (C=O) groups is 1. The van der Waals surface area contributed by atoms with Crippen molar-refractivity contribution in [3.63, 3.8) is 0 Å². The summed E-state index contributed by atoms with van der Waals surface area (Å²) in [5.41, 5.74) is 0. The lowest BCUT2D eigenvalue weighted by Gasteiger charge is -2.45. The summed E-state index contributed by atoms with van der Waals surface area (Å²) >= 11 is 1.80. The van der Waals surface area contributed by atoms with Crippen molar-refractivity contribution in [3.8, 4) is 0 Å². The first-order valence-electron chi connectivity index (χ1n) is 6.70. The third kappa shape index (κ3) is 3.30. The average Bonchev–Trinajstić information content (AvgIpc) is 2.13. The molecule has 1 saturated heterocycles. The lowest BCUT2D eigenvalue weighted by atomic mass is 9.96. The van der Waals surface area contributed by atoms with Crippen LogP contribution >= 0.6 is 11.8 Å². The Morgan fingerprint density at radius 3 is 2.39 bits per heavy atom. The maximum Gasteiger partial charge on any atom is 0.229 e. The number of rotatable bonds is 5. The monoisotopic (exact) mass is 289 g/mol. The van der Waals surface area contributed by atoms with Gasteiger partial charge in [0.15, 0.2) is 8.32 Å². The van der Waals surface area contributed by atoms with E-state index < -0.39 is 8.32 Å². The van der Waals surface area contributed by atoms with Gasteiger partial charge in [-0.2, -0.15) is 0 Å². The van der Waals surface area contributed by atoms with Crippen molar-refractivity contribution < 1.29 is 9.22 Å². The van der Waals surface area contributed by atoms with E-state index in [1.54, 1.807) is 11.8 Å². The normalized spacial score (nSPS) is 26.5. The zero-order chi connectivity index (χ0) is 14.1. The third-order valence-electron chi connectivity index (χ3n) is 4.05. The first-order valence-corrected chi connectivity index (χ1v) is 10.7. The summed E-state index contributed by atoms with van der Waals surface area (Å²) in [4.78, 5) is 11.7. The van der Waals surface area contributed by atoms with Gasteiger partial charge in [0, 0.05) is 0 Å². The highest BCUT2D eigenvalue weighted by Gasteiger charge is 2.47. The molecule has 0 saturated carbocycles. The molecule has 0 aromatic heterocycles. The van der Waals surface area contributed by atoms with E-state index in [4.69, 9.17) is 4.43 Å². The van der Waals surface area contributed by atoms with Crippen LogP contribution in [0.1, 0.15) is 34.6 Å². The highest BCUT2D eigenvalue weighted by Crippen LogP contribution is 2.39. The summed E-state index contributed by atoms with van der Waals surface area (Å²) < 4.78 is 6.32. The summed E-state index contributed by atoms with van der Waals surface area (Å²) in [6, 6.07) is 0. The Balaban J connectivity index is 2.65. The predicted octanol–water partition coefficient (Wildman–Crippen LogP) is 3.22. The molecule has 0 aromatic rings. The zero-order valence-electron chi connectivity index (χ0n) is 12.7. The Bertz CT molecular complexity index is 315. The van der Waals surface area contributed by atoms with Gasteiger partial charge in [0.2, 0.25) is 5.91 Å². The molecule has 1 amide bonds. The van der Waals surface area contributed by atoms with Crippen LogP contribution in [0.3, 0.4) is 0 Å². The van der Waals surface area contributed by atoms with Crippen LogP contribution in [0.4, 0.5) is 0 Å². The van der Waals surface area contributed by atoms with Gasteiger partial charge in [-0.1, -0.05) is 27.7 Å². The first kappa shape index (κ1) is 16.1. The summed E-state index contributed by atoms with van der Waals surface area (Å²) in [7, 11) is -1.78. The molecule has 106 valence electrons. The van der Waals surface area contributed by atoms with E-state index in [9.17, 15) is 4.79 Å². The van der Waals surface area contributed by atoms with Gasteiger partial charge in [0.25, 0.3) is 0 Å². The van der Waals surface area contributed by atoms with E-state index in [0.717, 1.165) is 5.75 Å². The van der Waals surface area contributed by atoms with Gasteiger partial charge in [-0.3, -0.25) is 4.79 Å². The van der Waals surface area contributed by atoms with E-state index in [0.29, 0.717) is 0 Å². The molecule has 0 radical (unpaired) electrons. The van der Waals surface area contributed by atoms with Crippen molar-refractivity contribution in [3.05, 3.63) is 0 Å². The lowest BCUT2D eigenvalue weighted by Crippen LogP contribution is -2.62. The summed E-state index contributed by atoms with van der Waals surface area (Å²) in [6.07, 6.45) is 0.0173. The average molecular weight is 290 g/mol. The number of amides is 1. The van der Waals surface area contributed by atoms with Crippen LogP contribution in [0.25, 0.3) is 0 Å². The van der Waals surface area contributed by atoms with Crippen LogP contribution in [-0.4, -0.2) is 31.5 Å². The molecule has 1 N–H and O–H groups in total. The highest BCUT2D eigenvalue weighted by molar-refractivity contribution is 8.00. The SMILES string of the molecule is CCS[C@H]1NC(=O)C1[C@H](C)O[Si](C)(C)C(C)(C)C. The van der Waals surface area contributed by atoms with Gasteiger partial charge >= 0.3 is 0 Å². The number of β-lactam (4-membered cyclic amide) rings is 1. The number of hydrogen-bond donors (Lipinski definition) is 1. The Morgan fingerprint density at radius 2 is 2.00 bits per heavy atom. The fourth-order valence-electron chi connectivity index (χ4n) is 1.87. The second-order valence-corrected chi connectivity index (χ2v) is 12.7. The minimum Gasteiger partial charge on any atom is -0.413 e. The Kier molecular flexibility index (Phi) is 4.95. The topological polar surface area (TPSA) is 38.3 Å². The molecule has 18 heavy (non-hydrogen) atoms. The Hall–Kier alpha value is -0.00312. The molecule has 1 aliphatic heterocycles.